The van der Waals surface area contributed by atoms with Crippen molar-refractivity contribution in [3.63, 3.8) is 0 Å². The summed E-state index contributed by atoms with van der Waals surface area (Å²) in [5, 5.41) is 12.5. The van der Waals surface area contributed by atoms with Crippen LogP contribution in [0.3, 0.4) is 0 Å². The Bertz CT molecular complexity index is 314. The van der Waals surface area contributed by atoms with Crippen LogP contribution in [0.1, 0.15) is 19.3 Å². The van der Waals surface area contributed by atoms with E-state index in [1.54, 1.807) is 0 Å². The molecule has 0 saturated heterocycles. The van der Waals surface area contributed by atoms with E-state index in [1.807, 2.05) is 0 Å². The molecule has 14 heavy (non-hydrogen) atoms. The summed E-state index contributed by atoms with van der Waals surface area (Å²) in [5.41, 5.74) is -0.649. The topological polar surface area (TPSA) is 61.7 Å². The monoisotopic (exact) mass is 194 g/mol. The smallest absolute Gasteiger partial charge is 0.317 e. The normalized spacial score (nSPS) is 44.1. The Hall–Kier alpha value is -1.06. The Morgan fingerprint density at radius 2 is 2.21 bits per heavy atom. The van der Waals surface area contributed by atoms with Gasteiger partial charge in [0.15, 0.2) is 0 Å². The van der Waals surface area contributed by atoms with Crippen molar-refractivity contribution in [2.45, 2.75) is 19.3 Å². The van der Waals surface area contributed by atoms with E-state index in [2.05, 4.69) is 10.3 Å². The predicted molar refractivity (Wildman–Crippen MR) is 51.2 cm³/mol. The van der Waals surface area contributed by atoms with Crippen LogP contribution in [-0.2, 0) is 4.79 Å². The number of nitrogens with zero attached hydrogens (tertiary/aromatic N) is 1. The van der Waals surface area contributed by atoms with Crippen LogP contribution in [0.4, 0.5) is 0 Å². The highest BCUT2D eigenvalue weighted by Crippen LogP contribution is 2.60. The van der Waals surface area contributed by atoms with Crippen LogP contribution in [-0.4, -0.2) is 30.0 Å². The van der Waals surface area contributed by atoms with E-state index in [0.29, 0.717) is 11.8 Å². The summed E-state index contributed by atoms with van der Waals surface area (Å²) in [7, 11) is 0. The molecule has 4 heteroatoms. The average molecular weight is 194 g/mol. The molecule has 2 saturated carbocycles. The van der Waals surface area contributed by atoms with Crippen LogP contribution in [0.5, 0.6) is 0 Å². The lowest BCUT2D eigenvalue weighted by Gasteiger charge is -2.26. The van der Waals surface area contributed by atoms with Gasteiger partial charge >= 0.3 is 5.97 Å². The largest absolute Gasteiger partial charge is 0.480 e. The van der Waals surface area contributed by atoms with Gasteiger partial charge in [-0.15, -0.1) is 0 Å². The summed E-state index contributed by atoms with van der Waals surface area (Å²) >= 11 is 0. The fourth-order valence-electron chi connectivity index (χ4n) is 2.98. The van der Waals surface area contributed by atoms with Gasteiger partial charge < -0.3 is 10.4 Å². The van der Waals surface area contributed by atoms with Gasteiger partial charge in [-0.3, -0.25) is 9.79 Å². The van der Waals surface area contributed by atoms with Crippen molar-refractivity contribution >= 4 is 11.8 Å². The van der Waals surface area contributed by atoms with E-state index < -0.39 is 11.4 Å². The molecule has 1 aliphatic heterocycles. The number of fused-ring (bicyclic) bond motifs is 1. The minimum atomic E-state index is -0.683. The Morgan fingerprint density at radius 3 is 2.71 bits per heavy atom. The number of nitrogens with one attached hydrogen (secondary N) is 1. The lowest BCUT2D eigenvalue weighted by atomic mass is 9.81. The van der Waals surface area contributed by atoms with Crippen molar-refractivity contribution in [3.05, 3.63) is 0 Å². The van der Waals surface area contributed by atoms with Gasteiger partial charge in [-0.1, -0.05) is 0 Å². The second kappa shape index (κ2) is 2.49. The molecule has 2 fully saturated rings. The van der Waals surface area contributed by atoms with Crippen LogP contribution in [0, 0.1) is 17.3 Å². The van der Waals surface area contributed by atoms with Gasteiger partial charge in [-0.2, -0.15) is 0 Å². The maximum absolute atomic E-state index is 11.4. The van der Waals surface area contributed by atoms with E-state index in [9.17, 15) is 9.90 Å². The van der Waals surface area contributed by atoms with Gasteiger partial charge in [0.1, 0.15) is 11.3 Å². The first kappa shape index (κ1) is 8.26. The van der Waals surface area contributed by atoms with Crippen molar-refractivity contribution in [1.82, 2.24) is 5.32 Å². The summed E-state index contributed by atoms with van der Waals surface area (Å²) in [6.07, 6.45) is 2.85. The third-order valence-corrected chi connectivity index (χ3v) is 3.83. The Morgan fingerprint density at radius 1 is 1.50 bits per heavy atom. The predicted octanol–water partition coefficient (Wildman–Crippen LogP) is 0.489. The standard InChI is InChI=1S/C10H14N2O2/c13-9(14)10(8-11-1-2-12-8)4-6-3-7(6)5-10/h6-7H,1-5H2,(H,11,12)(H,13,14). The molecule has 0 amide bonds. The number of carboxylic acid groups (broad SMARTS) is 1. The fourth-order valence-corrected chi connectivity index (χ4v) is 2.98. The van der Waals surface area contributed by atoms with Gasteiger partial charge in [0, 0.05) is 6.54 Å². The highest BCUT2D eigenvalue weighted by atomic mass is 16.4. The summed E-state index contributed by atoms with van der Waals surface area (Å²) in [6.45, 7) is 1.54. The first-order valence-electron chi connectivity index (χ1n) is 5.24. The summed E-state index contributed by atoms with van der Waals surface area (Å²) in [5.74, 6) is 1.39. The second-order valence-electron chi connectivity index (χ2n) is 4.71. The van der Waals surface area contributed by atoms with E-state index >= 15 is 0 Å². The molecule has 0 aromatic carbocycles. The summed E-state index contributed by atoms with van der Waals surface area (Å²) in [4.78, 5) is 15.6. The van der Waals surface area contributed by atoms with Crippen LogP contribution in [0.15, 0.2) is 4.99 Å². The second-order valence-corrected chi connectivity index (χ2v) is 4.71. The fraction of sp³-hybridized carbons (Fsp3) is 0.800. The Balaban J connectivity index is 1.92. The highest BCUT2D eigenvalue weighted by molar-refractivity contribution is 6.06. The number of amidine groups is 1. The third-order valence-electron chi connectivity index (χ3n) is 3.83. The molecule has 0 aromatic heterocycles. The van der Waals surface area contributed by atoms with E-state index in [0.717, 1.165) is 31.8 Å². The first-order valence-corrected chi connectivity index (χ1v) is 5.24. The van der Waals surface area contributed by atoms with Crippen molar-refractivity contribution in [1.29, 1.82) is 0 Å². The van der Waals surface area contributed by atoms with Gasteiger partial charge in [0.2, 0.25) is 0 Å². The Kier molecular flexibility index (Phi) is 1.47. The number of hydrogen-bond acceptors (Lipinski definition) is 3. The quantitative estimate of drug-likeness (QED) is 0.672. The van der Waals surface area contributed by atoms with E-state index in [4.69, 9.17) is 0 Å². The molecular formula is C10H14N2O2. The number of hydrogen-bond donors (Lipinski definition) is 2. The molecule has 2 unspecified atom stereocenters. The van der Waals surface area contributed by atoms with Gasteiger partial charge in [-0.25, -0.2) is 0 Å². The van der Waals surface area contributed by atoms with E-state index in [-0.39, 0.29) is 0 Å². The average Bonchev–Trinajstić information content (AvgIpc) is 2.68. The number of rotatable bonds is 2. The molecular weight excluding hydrogens is 180 g/mol. The summed E-state index contributed by atoms with van der Waals surface area (Å²) < 4.78 is 0. The van der Waals surface area contributed by atoms with Crippen molar-refractivity contribution in [2.24, 2.45) is 22.2 Å². The van der Waals surface area contributed by atoms with Crippen LogP contribution in [0.25, 0.3) is 0 Å². The maximum Gasteiger partial charge on any atom is 0.317 e. The summed E-state index contributed by atoms with van der Waals surface area (Å²) in [6, 6.07) is 0. The molecule has 1 heterocycles. The molecule has 0 bridgehead atoms. The molecule has 0 spiro atoms. The van der Waals surface area contributed by atoms with Crippen LogP contribution in [0.2, 0.25) is 0 Å². The number of carbonyl (C=O) groups is 1. The molecule has 0 radical (unpaired) electrons. The SMILES string of the molecule is O=C(O)C1(C2=NCCN2)CC2CC2C1. The highest BCUT2D eigenvalue weighted by Gasteiger charge is 2.60. The molecule has 2 aliphatic carbocycles. The molecule has 0 aromatic rings. The first-order chi connectivity index (χ1) is 6.72. The van der Waals surface area contributed by atoms with Gasteiger partial charge in [0.05, 0.1) is 6.54 Å². The van der Waals surface area contributed by atoms with Crippen molar-refractivity contribution in [2.75, 3.05) is 13.1 Å². The molecule has 2 N–H and O–H groups in total. The molecule has 76 valence electrons. The third kappa shape index (κ3) is 0.938. The van der Waals surface area contributed by atoms with Crippen LogP contribution >= 0.6 is 0 Å². The van der Waals surface area contributed by atoms with Crippen molar-refractivity contribution < 1.29 is 9.90 Å². The number of carboxylic acids is 1. The molecule has 4 nitrogen and oxygen atoms in total. The molecule has 3 rings (SSSR count). The minimum absolute atomic E-state index is 0.649. The molecule has 3 aliphatic rings. The zero-order valence-electron chi connectivity index (χ0n) is 7.99. The maximum atomic E-state index is 11.4. The van der Waals surface area contributed by atoms with Gasteiger partial charge in [-0.05, 0) is 31.1 Å². The number of aliphatic imine (C=N–C) groups is 1. The lowest BCUT2D eigenvalue weighted by molar-refractivity contribution is -0.145. The van der Waals surface area contributed by atoms with E-state index in [1.165, 1.54) is 6.42 Å². The zero-order chi connectivity index (χ0) is 9.76. The minimum Gasteiger partial charge on any atom is -0.480 e. The van der Waals surface area contributed by atoms with Crippen LogP contribution < -0.4 is 5.32 Å². The van der Waals surface area contributed by atoms with Gasteiger partial charge in [0.25, 0.3) is 0 Å². The molecule has 2 atom stereocenters. The zero-order valence-corrected chi connectivity index (χ0v) is 7.99. The van der Waals surface area contributed by atoms with Crippen molar-refractivity contribution in [3.8, 4) is 0 Å². The lowest BCUT2D eigenvalue weighted by Crippen LogP contribution is -2.43. The Labute approximate surface area is 82.4 Å². The number of aliphatic carboxylic acids is 1.